The van der Waals surface area contributed by atoms with E-state index in [2.05, 4.69) is 10.6 Å². The second-order valence-corrected chi connectivity index (χ2v) is 4.55. The highest BCUT2D eigenvalue weighted by Crippen LogP contribution is 2.14. The highest BCUT2D eigenvalue weighted by atomic mass is 16.5. The number of anilines is 1. The second kappa shape index (κ2) is 5.71. The normalized spacial score (nSPS) is 21.9. The number of hydrogen-bond donors (Lipinski definition) is 3. The molecule has 2 rings (SSSR count). The third kappa shape index (κ3) is 3.45. The number of carbonyl (C=O) groups is 2. The summed E-state index contributed by atoms with van der Waals surface area (Å²) in [5.41, 5.74) is 1.76. The minimum atomic E-state index is -0.960. The number of rotatable bonds is 3. The quantitative estimate of drug-likeness (QED) is 0.766. The van der Waals surface area contributed by atoms with E-state index in [1.54, 1.807) is 12.1 Å². The lowest BCUT2D eigenvalue weighted by Crippen LogP contribution is -2.44. The number of carboxylic acid groups (broad SMARTS) is 1. The topological polar surface area (TPSA) is 87.7 Å². The van der Waals surface area contributed by atoms with E-state index in [1.165, 1.54) is 0 Å². The molecule has 3 N–H and O–H groups in total. The number of aryl methyl sites for hydroxylation is 1. The largest absolute Gasteiger partial charge is 0.481 e. The van der Waals surface area contributed by atoms with E-state index in [0.29, 0.717) is 5.69 Å². The monoisotopic (exact) mass is 264 g/mol. The van der Waals surface area contributed by atoms with Crippen molar-refractivity contribution in [2.75, 3.05) is 18.5 Å². The molecule has 1 aliphatic rings. The number of hydrogen-bond acceptors (Lipinski definition) is 3. The fraction of sp³-hybridized carbons (Fsp3) is 0.385. The number of nitrogens with one attached hydrogen (secondary N) is 2. The maximum atomic E-state index is 11.8. The molecular formula is C13H16N2O4. The molecular weight excluding hydrogens is 248 g/mol. The molecule has 6 nitrogen and oxygen atoms in total. The Morgan fingerprint density at radius 2 is 1.95 bits per heavy atom. The van der Waals surface area contributed by atoms with Crippen LogP contribution in [0.2, 0.25) is 0 Å². The van der Waals surface area contributed by atoms with Crippen LogP contribution < -0.4 is 10.6 Å². The predicted molar refractivity (Wildman–Crippen MR) is 69.1 cm³/mol. The molecule has 2 atom stereocenters. The van der Waals surface area contributed by atoms with Crippen LogP contribution in [0, 0.1) is 12.8 Å². The SMILES string of the molecule is Cc1ccc(NC(=O)NC2COCC2C(=O)O)cc1. The average Bonchev–Trinajstić information content (AvgIpc) is 2.80. The van der Waals surface area contributed by atoms with Crippen LogP contribution in [0.1, 0.15) is 5.56 Å². The molecule has 1 aromatic rings. The van der Waals surface area contributed by atoms with Gasteiger partial charge in [0.15, 0.2) is 0 Å². The van der Waals surface area contributed by atoms with E-state index in [-0.39, 0.29) is 13.2 Å². The van der Waals surface area contributed by atoms with Crippen LogP contribution in [-0.2, 0) is 9.53 Å². The number of aliphatic carboxylic acids is 1. The number of amides is 2. The zero-order valence-corrected chi connectivity index (χ0v) is 10.6. The van der Waals surface area contributed by atoms with Crippen molar-refractivity contribution in [3.8, 4) is 0 Å². The second-order valence-electron chi connectivity index (χ2n) is 4.55. The Balaban J connectivity index is 1.90. The lowest BCUT2D eigenvalue weighted by atomic mass is 10.0. The first kappa shape index (κ1) is 13.4. The van der Waals surface area contributed by atoms with Crippen LogP contribution in [-0.4, -0.2) is 36.4 Å². The summed E-state index contributed by atoms with van der Waals surface area (Å²) in [6.45, 7) is 2.31. The van der Waals surface area contributed by atoms with Gasteiger partial charge in [0.1, 0.15) is 5.92 Å². The van der Waals surface area contributed by atoms with Gasteiger partial charge in [-0.25, -0.2) is 4.79 Å². The molecule has 2 amide bonds. The number of ether oxygens (including phenoxy) is 1. The highest BCUT2D eigenvalue weighted by molar-refractivity contribution is 5.89. The molecule has 0 radical (unpaired) electrons. The first-order valence-corrected chi connectivity index (χ1v) is 6.01. The van der Waals surface area contributed by atoms with Gasteiger partial charge in [-0.1, -0.05) is 17.7 Å². The van der Waals surface area contributed by atoms with Gasteiger partial charge in [-0.15, -0.1) is 0 Å². The zero-order valence-electron chi connectivity index (χ0n) is 10.6. The van der Waals surface area contributed by atoms with Crippen molar-refractivity contribution < 1.29 is 19.4 Å². The molecule has 1 aromatic carbocycles. The first-order chi connectivity index (χ1) is 9.06. The maximum Gasteiger partial charge on any atom is 0.319 e. The molecule has 102 valence electrons. The van der Waals surface area contributed by atoms with Gasteiger partial charge < -0.3 is 20.5 Å². The zero-order chi connectivity index (χ0) is 13.8. The number of benzene rings is 1. The van der Waals surface area contributed by atoms with Crippen molar-refractivity contribution >= 4 is 17.7 Å². The standard InChI is InChI=1S/C13H16N2O4/c1-8-2-4-9(5-3-8)14-13(18)15-11-7-19-6-10(11)12(16)17/h2-5,10-11H,6-7H2,1H3,(H,16,17)(H2,14,15,18). The van der Waals surface area contributed by atoms with Crippen LogP contribution in [0.4, 0.5) is 10.5 Å². The molecule has 1 fully saturated rings. The molecule has 0 aliphatic carbocycles. The third-order valence-corrected chi connectivity index (χ3v) is 3.02. The van der Waals surface area contributed by atoms with Crippen LogP contribution in [0.15, 0.2) is 24.3 Å². The Labute approximate surface area is 110 Å². The molecule has 1 saturated heterocycles. The van der Waals surface area contributed by atoms with Crippen LogP contribution in [0.3, 0.4) is 0 Å². The van der Waals surface area contributed by atoms with E-state index >= 15 is 0 Å². The van der Waals surface area contributed by atoms with Crippen molar-refractivity contribution in [1.82, 2.24) is 5.32 Å². The molecule has 1 heterocycles. The maximum absolute atomic E-state index is 11.8. The summed E-state index contributed by atoms with van der Waals surface area (Å²) in [5, 5.41) is 14.2. The van der Waals surface area contributed by atoms with Crippen molar-refractivity contribution in [1.29, 1.82) is 0 Å². The molecule has 0 spiro atoms. The highest BCUT2D eigenvalue weighted by Gasteiger charge is 2.35. The molecule has 2 unspecified atom stereocenters. The number of urea groups is 1. The van der Waals surface area contributed by atoms with Gasteiger partial charge in [-0.05, 0) is 19.1 Å². The fourth-order valence-corrected chi connectivity index (χ4v) is 1.91. The lowest BCUT2D eigenvalue weighted by Gasteiger charge is -2.16. The summed E-state index contributed by atoms with van der Waals surface area (Å²) in [6, 6.07) is 6.42. The summed E-state index contributed by atoms with van der Waals surface area (Å²) < 4.78 is 5.07. The Hall–Kier alpha value is -2.08. The molecule has 0 saturated carbocycles. The summed E-state index contributed by atoms with van der Waals surface area (Å²) in [7, 11) is 0. The van der Waals surface area contributed by atoms with E-state index in [0.717, 1.165) is 5.56 Å². The smallest absolute Gasteiger partial charge is 0.319 e. The summed E-state index contributed by atoms with van der Waals surface area (Å²) >= 11 is 0. The molecule has 6 heteroatoms. The fourth-order valence-electron chi connectivity index (χ4n) is 1.91. The molecule has 0 aromatic heterocycles. The van der Waals surface area contributed by atoms with E-state index in [1.807, 2.05) is 19.1 Å². The Morgan fingerprint density at radius 3 is 2.58 bits per heavy atom. The predicted octanol–water partition coefficient (Wildman–Crippen LogP) is 1.22. The minimum absolute atomic E-state index is 0.130. The van der Waals surface area contributed by atoms with Gasteiger partial charge in [0.25, 0.3) is 0 Å². The molecule has 1 aliphatic heterocycles. The Kier molecular flexibility index (Phi) is 4.01. The Bertz CT molecular complexity index is 472. The van der Waals surface area contributed by atoms with Gasteiger partial charge in [0, 0.05) is 5.69 Å². The van der Waals surface area contributed by atoms with Crippen LogP contribution in [0.25, 0.3) is 0 Å². The minimum Gasteiger partial charge on any atom is -0.481 e. The lowest BCUT2D eigenvalue weighted by molar-refractivity contribution is -0.142. The van der Waals surface area contributed by atoms with Crippen molar-refractivity contribution in [3.05, 3.63) is 29.8 Å². The Morgan fingerprint density at radius 1 is 1.26 bits per heavy atom. The first-order valence-electron chi connectivity index (χ1n) is 6.01. The van der Waals surface area contributed by atoms with Gasteiger partial charge in [-0.3, -0.25) is 4.79 Å². The summed E-state index contributed by atoms with van der Waals surface area (Å²) in [4.78, 5) is 22.7. The number of carboxylic acids is 1. The number of carbonyl (C=O) groups excluding carboxylic acids is 1. The van der Waals surface area contributed by atoms with Crippen molar-refractivity contribution in [2.24, 2.45) is 5.92 Å². The summed E-state index contributed by atoms with van der Waals surface area (Å²) in [5.74, 6) is -1.65. The van der Waals surface area contributed by atoms with Crippen molar-refractivity contribution in [3.63, 3.8) is 0 Å². The molecule has 19 heavy (non-hydrogen) atoms. The average molecular weight is 264 g/mol. The van der Waals surface area contributed by atoms with Crippen LogP contribution >= 0.6 is 0 Å². The van der Waals surface area contributed by atoms with Gasteiger partial charge in [0.2, 0.25) is 0 Å². The summed E-state index contributed by atoms with van der Waals surface area (Å²) in [6.07, 6.45) is 0. The van der Waals surface area contributed by atoms with Crippen molar-refractivity contribution in [2.45, 2.75) is 13.0 Å². The van der Waals surface area contributed by atoms with Crippen LogP contribution in [0.5, 0.6) is 0 Å². The van der Waals surface area contributed by atoms with Gasteiger partial charge in [-0.2, -0.15) is 0 Å². The van der Waals surface area contributed by atoms with E-state index in [9.17, 15) is 9.59 Å². The van der Waals surface area contributed by atoms with E-state index < -0.39 is 24.0 Å². The van der Waals surface area contributed by atoms with Gasteiger partial charge >= 0.3 is 12.0 Å². The third-order valence-electron chi connectivity index (χ3n) is 3.02. The molecule has 0 bridgehead atoms. The van der Waals surface area contributed by atoms with Gasteiger partial charge in [0.05, 0.1) is 19.3 Å². The van der Waals surface area contributed by atoms with E-state index in [4.69, 9.17) is 9.84 Å².